The Morgan fingerprint density at radius 3 is 2.81 bits per heavy atom. The largest absolute Gasteiger partial charge is 0.313 e. The molecule has 1 nitrogen and oxygen atoms in total. The molecule has 0 aliphatic rings. The number of hydrogen-bond acceptors (Lipinski definition) is 2. The third-order valence-electron chi connectivity index (χ3n) is 2.68. The average Bonchev–Trinajstić information content (AvgIpc) is 2.28. The minimum absolute atomic E-state index is 0.125. The Balaban J connectivity index is 2.29. The smallest absolute Gasteiger partial charge is 0.126 e. The van der Waals surface area contributed by atoms with E-state index in [1.807, 2.05) is 23.9 Å². The number of aryl methyl sites for hydroxylation is 1. The van der Waals surface area contributed by atoms with Crippen LogP contribution in [0.2, 0.25) is 0 Å². The molecule has 16 heavy (non-hydrogen) atoms. The van der Waals surface area contributed by atoms with E-state index in [4.69, 9.17) is 0 Å². The molecule has 0 saturated heterocycles. The van der Waals surface area contributed by atoms with Gasteiger partial charge < -0.3 is 5.32 Å². The number of rotatable bonds is 6. The maximum atomic E-state index is 13.0. The molecule has 0 fully saturated rings. The molecule has 0 aliphatic heterocycles. The van der Waals surface area contributed by atoms with Crippen LogP contribution in [0.5, 0.6) is 0 Å². The fraction of sp³-hybridized carbons (Fsp3) is 0.538. The van der Waals surface area contributed by atoms with Gasteiger partial charge in [-0.1, -0.05) is 19.1 Å². The van der Waals surface area contributed by atoms with Crippen molar-refractivity contribution in [3.05, 3.63) is 35.1 Å². The van der Waals surface area contributed by atoms with E-state index < -0.39 is 0 Å². The summed E-state index contributed by atoms with van der Waals surface area (Å²) in [5, 5.41) is 4.07. The Morgan fingerprint density at radius 1 is 1.44 bits per heavy atom. The minimum atomic E-state index is -0.125. The lowest BCUT2D eigenvalue weighted by Crippen LogP contribution is -2.17. The van der Waals surface area contributed by atoms with E-state index in [1.54, 1.807) is 6.92 Å². The predicted molar refractivity (Wildman–Crippen MR) is 70.4 cm³/mol. The number of hydrogen-bond donors (Lipinski definition) is 1. The first-order valence-electron chi connectivity index (χ1n) is 5.62. The van der Waals surface area contributed by atoms with Crippen LogP contribution in [-0.4, -0.2) is 18.1 Å². The molecule has 0 aliphatic carbocycles. The van der Waals surface area contributed by atoms with E-state index in [0.29, 0.717) is 5.25 Å². The summed E-state index contributed by atoms with van der Waals surface area (Å²) in [6, 6.07) is 5.28. The second-order valence-corrected chi connectivity index (χ2v) is 5.37. The van der Waals surface area contributed by atoms with Crippen molar-refractivity contribution in [2.75, 3.05) is 12.8 Å². The van der Waals surface area contributed by atoms with Gasteiger partial charge in [-0.15, -0.1) is 0 Å². The summed E-state index contributed by atoms with van der Waals surface area (Å²) >= 11 is 1.89. The number of benzene rings is 1. The monoisotopic (exact) mass is 241 g/mol. The van der Waals surface area contributed by atoms with E-state index >= 15 is 0 Å². The van der Waals surface area contributed by atoms with E-state index in [0.717, 1.165) is 24.2 Å². The van der Waals surface area contributed by atoms with Gasteiger partial charge in [0.25, 0.3) is 0 Å². The number of thioether (sulfide) groups is 1. The fourth-order valence-corrected chi connectivity index (χ4v) is 1.83. The molecule has 90 valence electrons. The second-order valence-electron chi connectivity index (χ2n) is 4.10. The van der Waals surface area contributed by atoms with Crippen LogP contribution in [0.1, 0.15) is 24.5 Å². The van der Waals surface area contributed by atoms with Crippen molar-refractivity contribution in [2.24, 2.45) is 0 Å². The first-order valence-corrected chi connectivity index (χ1v) is 6.91. The quantitative estimate of drug-likeness (QED) is 0.766. The highest BCUT2D eigenvalue weighted by Gasteiger charge is 2.00. The highest BCUT2D eigenvalue weighted by Crippen LogP contribution is 2.10. The van der Waals surface area contributed by atoms with Gasteiger partial charge in [0.2, 0.25) is 0 Å². The first kappa shape index (κ1) is 13.5. The topological polar surface area (TPSA) is 12.0 Å². The molecule has 3 heteroatoms. The van der Waals surface area contributed by atoms with Gasteiger partial charge in [0.1, 0.15) is 5.82 Å². The van der Waals surface area contributed by atoms with Crippen LogP contribution in [0.3, 0.4) is 0 Å². The molecular formula is C13H20FNS. The van der Waals surface area contributed by atoms with Crippen molar-refractivity contribution in [2.45, 2.75) is 32.1 Å². The zero-order valence-electron chi connectivity index (χ0n) is 10.2. The third-order valence-corrected chi connectivity index (χ3v) is 3.72. The van der Waals surface area contributed by atoms with E-state index in [-0.39, 0.29) is 5.82 Å². The van der Waals surface area contributed by atoms with E-state index in [2.05, 4.69) is 18.5 Å². The van der Waals surface area contributed by atoms with E-state index in [9.17, 15) is 4.39 Å². The molecule has 0 heterocycles. The molecule has 1 unspecified atom stereocenters. The highest BCUT2D eigenvalue weighted by atomic mass is 32.2. The van der Waals surface area contributed by atoms with Gasteiger partial charge in [0.15, 0.2) is 0 Å². The molecular weight excluding hydrogens is 221 g/mol. The van der Waals surface area contributed by atoms with Crippen LogP contribution in [-0.2, 0) is 6.54 Å². The minimum Gasteiger partial charge on any atom is -0.313 e. The zero-order chi connectivity index (χ0) is 12.0. The molecule has 0 spiro atoms. The van der Waals surface area contributed by atoms with Crippen LogP contribution in [0.15, 0.2) is 18.2 Å². The molecule has 0 saturated carbocycles. The Bertz CT molecular complexity index is 328. The van der Waals surface area contributed by atoms with Crippen LogP contribution in [0.25, 0.3) is 0 Å². The summed E-state index contributed by atoms with van der Waals surface area (Å²) in [5.74, 6) is -0.125. The summed E-state index contributed by atoms with van der Waals surface area (Å²) in [6.07, 6.45) is 3.30. The van der Waals surface area contributed by atoms with Crippen molar-refractivity contribution < 1.29 is 4.39 Å². The summed E-state index contributed by atoms with van der Waals surface area (Å²) in [5.41, 5.74) is 1.87. The molecule has 1 atom stereocenters. The SMILES string of the molecule is CSC(C)CCNCc1ccc(F)c(C)c1. The summed E-state index contributed by atoms with van der Waals surface area (Å²) in [4.78, 5) is 0. The van der Waals surface area contributed by atoms with E-state index in [1.165, 1.54) is 12.5 Å². The molecule has 1 aromatic rings. The Labute approximate surface area is 102 Å². The average molecular weight is 241 g/mol. The lowest BCUT2D eigenvalue weighted by Gasteiger charge is -2.09. The van der Waals surface area contributed by atoms with Crippen molar-refractivity contribution in [1.82, 2.24) is 5.32 Å². The van der Waals surface area contributed by atoms with Gasteiger partial charge >= 0.3 is 0 Å². The number of halogens is 1. The molecule has 0 radical (unpaired) electrons. The Kier molecular flexibility index (Phi) is 5.85. The van der Waals surface area contributed by atoms with Crippen LogP contribution < -0.4 is 5.32 Å². The lowest BCUT2D eigenvalue weighted by molar-refractivity contribution is 0.613. The standard InChI is InChI=1S/C13H20FNS/c1-10-8-12(4-5-13(10)14)9-15-7-6-11(2)16-3/h4-5,8,11,15H,6-7,9H2,1-3H3. The summed E-state index contributed by atoms with van der Waals surface area (Å²) in [6.45, 7) is 5.86. The zero-order valence-corrected chi connectivity index (χ0v) is 11.0. The molecule has 0 aromatic heterocycles. The third kappa shape index (κ3) is 4.54. The van der Waals surface area contributed by atoms with Crippen molar-refractivity contribution >= 4 is 11.8 Å². The van der Waals surface area contributed by atoms with Crippen molar-refractivity contribution in [3.8, 4) is 0 Å². The maximum absolute atomic E-state index is 13.0. The molecule has 0 bridgehead atoms. The Hall–Kier alpha value is -0.540. The van der Waals surface area contributed by atoms with Gasteiger partial charge in [0, 0.05) is 11.8 Å². The van der Waals surface area contributed by atoms with Crippen LogP contribution in [0.4, 0.5) is 4.39 Å². The molecule has 1 N–H and O–H groups in total. The molecule has 0 amide bonds. The Morgan fingerprint density at radius 2 is 2.19 bits per heavy atom. The van der Waals surface area contributed by atoms with Crippen molar-refractivity contribution in [1.29, 1.82) is 0 Å². The number of nitrogens with one attached hydrogen (secondary N) is 1. The van der Waals surface area contributed by atoms with Crippen LogP contribution >= 0.6 is 11.8 Å². The van der Waals surface area contributed by atoms with Gasteiger partial charge in [-0.2, -0.15) is 11.8 Å². The highest BCUT2D eigenvalue weighted by molar-refractivity contribution is 7.99. The normalized spacial score (nSPS) is 12.8. The molecule has 1 rings (SSSR count). The van der Waals surface area contributed by atoms with Gasteiger partial charge in [0.05, 0.1) is 0 Å². The molecule has 1 aromatic carbocycles. The summed E-state index contributed by atoms with van der Waals surface area (Å²) < 4.78 is 13.0. The second kappa shape index (κ2) is 6.92. The summed E-state index contributed by atoms with van der Waals surface area (Å²) in [7, 11) is 0. The lowest BCUT2D eigenvalue weighted by atomic mass is 10.1. The van der Waals surface area contributed by atoms with Crippen molar-refractivity contribution in [3.63, 3.8) is 0 Å². The van der Waals surface area contributed by atoms with Gasteiger partial charge in [-0.3, -0.25) is 0 Å². The van der Waals surface area contributed by atoms with Gasteiger partial charge in [-0.05, 0) is 43.3 Å². The fourth-order valence-electron chi connectivity index (χ4n) is 1.47. The van der Waals surface area contributed by atoms with Crippen LogP contribution in [0, 0.1) is 12.7 Å². The van der Waals surface area contributed by atoms with Gasteiger partial charge in [-0.25, -0.2) is 4.39 Å². The predicted octanol–water partition coefficient (Wildman–Crippen LogP) is 3.37. The first-order chi connectivity index (χ1) is 7.63. The maximum Gasteiger partial charge on any atom is 0.126 e.